The van der Waals surface area contributed by atoms with Gasteiger partial charge < -0.3 is 5.32 Å². The molecule has 0 saturated carbocycles. The molecule has 6 heteroatoms. The van der Waals surface area contributed by atoms with Crippen molar-refractivity contribution in [1.82, 2.24) is 10.3 Å². The fourth-order valence-electron chi connectivity index (χ4n) is 1.95. The summed E-state index contributed by atoms with van der Waals surface area (Å²) in [5.41, 5.74) is 0.594. The van der Waals surface area contributed by atoms with Crippen molar-refractivity contribution in [2.75, 3.05) is 0 Å². The van der Waals surface area contributed by atoms with E-state index < -0.39 is 0 Å². The van der Waals surface area contributed by atoms with Crippen LogP contribution in [0.4, 0.5) is 0 Å². The van der Waals surface area contributed by atoms with Crippen molar-refractivity contribution in [3.8, 4) is 0 Å². The van der Waals surface area contributed by atoms with E-state index >= 15 is 0 Å². The number of amides is 1. The van der Waals surface area contributed by atoms with Crippen LogP contribution < -0.4 is 5.32 Å². The summed E-state index contributed by atoms with van der Waals surface area (Å²) in [4.78, 5) is 19.0. The summed E-state index contributed by atoms with van der Waals surface area (Å²) in [5.74, 6) is -0.110. The molecular weight excluding hydrogens is 392 g/mol. The molecule has 116 valence electrons. The number of hydrogen-bond donors (Lipinski definition) is 1. The molecular formula is C17H13BrN2OS2. The van der Waals surface area contributed by atoms with Gasteiger partial charge in [-0.3, -0.25) is 4.79 Å². The zero-order valence-corrected chi connectivity index (χ0v) is 15.2. The average Bonchev–Trinajstić information content (AvgIpc) is 3.00. The molecule has 3 aromatic rings. The highest BCUT2D eigenvalue weighted by Gasteiger charge is 2.13. The molecule has 0 aliphatic carbocycles. The van der Waals surface area contributed by atoms with E-state index in [1.165, 1.54) is 11.8 Å². The Bertz CT molecular complexity index is 805. The standard InChI is InChI=1S/C17H13BrN2OS2/c18-15-9-8-13(22-15)11-20-16(21)14-7-4-10-19-17(14)23-12-5-2-1-3-6-12/h1-10H,11H2,(H,20,21). The van der Waals surface area contributed by atoms with Crippen molar-refractivity contribution in [3.05, 3.63) is 75.0 Å². The number of benzene rings is 1. The molecule has 1 aromatic carbocycles. The summed E-state index contributed by atoms with van der Waals surface area (Å²) in [6, 6.07) is 17.5. The first-order valence-corrected chi connectivity index (χ1v) is 9.35. The van der Waals surface area contributed by atoms with Gasteiger partial charge in [-0.25, -0.2) is 4.98 Å². The number of pyridine rings is 1. The number of halogens is 1. The van der Waals surface area contributed by atoms with E-state index in [1.54, 1.807) is 29.7 Å². The van der Waals surface area contributed by atoms with Crippen LogP contribution in [-0.2, 0) is 6.54 Å². The highest BCUT2D eigenvalue weighted by atomic mass is 79.9. The lowest BCUT2D eigenvalue weighted by Crippen LogP contribution is -2.23. The van der Waals surface area contributed by atoms with E-state index in [1.807, 2.05) is 42.5 Å². The van der Waals surface area contributed by atoms with Crippen molar-refractivity contribution < 1.29 is 4.79 Å². The number of aromatic nitrogens is 1. The van der Waals surface area contributed by atoms with Crippen molar-refractivity contribution >= 4 is 44.9 Å². The Morgan fingerprint density at radius 3 is 2.70 bits per heavy atom. The van der Waals surface area contributed by atoms with Gasteiger partial charge in [-0.2, -0.15) is 0 Å². The van der Waals surface area contributed by atoms with Gasteiger partial charge in [0.15, 0.2) is 0 Å². The van der Waals surface area contributed by atoms with Gasteiger partial charge in [-0.1, -0.05) is 30.0 Å². The lowest BCUT2D eigenvalue weighted by molar-refractivity contribution is 0.0947. The monoisotopic (exact) mass is 404 g/mol. The van der Waals surface area contributed by atoms with Crippen LogP contribution in [0.15, 0.2) is 74.5 Å². The Kier molecular flexibility index (Phi) is 5.48. The van der Waals surface area contributed by atoms with E-state index in [2.05, 4.69) is 26.2 Å². The van der Waals surface area contributed by atoms with E-state index in [0.717, 1.165) is 13.6 Å². The minimum atomic E-state index is -0.110. The van der Waals surface area contributed by atoms with Crippen LogP contribution in [0.25, 0.3) is 0 Å². The fourth-order valence-corrected chi connectivity index (χ4v) is 4.28. The Morgan fingerprint density at radius 2 is 1.96 bits per heavy atom. The molecule has 0 atom stereocenters. The third kappa shape index (κ3) is 4.43. The van der Waals surface area contributed by atoms with Gasteiger partial charge in [-0.15, -0.1) is 11.3 Å². The summed E-state index contributed by atoms with van der Waals surface area (Å²) < 4.78 is 1.06. The summed E-state index contributed by atoms with van der Waals surface area (Å²) in [5, 5.41) is 3.66. The number of carbonyl (C=O) groups is 1. The molecule has 2 aromatic heterocycles. The van der Waals surface area contributed by atoms with Crippen molar-refractivity contribution in [2.45, 2.75) is 16.5 Å². The molecule has 0 aliphatic rings. The number of rotatable bonds is 5. The Hall–Kier alpha value is -1.63. The van der Waals surface area contributed by atoms with Crippen LogP contribution in [0.3, 0.4) is 0 Å². The smallest absolute Gasteiger partial charge is 0.254 e. The molecule has 3 rings (SSSR count). The quantitative estimate of drug-likeness (QED) is 0.651. The van der Waals surface area contributed by atoms with E-state index in [0.29, 0.717) is 17.1 Å². The molecule has 0 radical (unpaired) electrons. The molecule has 3 nitrogen and oxygen atoms in total. The molecule has 1 N–H and O–H groups in total. The minimum Gasteiger partial charge on any atom is -0.347 e. The van der Waals surface area contributed by atoms with Gasteiger partial charge in [0.2, 0.25) is 0 Å². The van der Waals surface area contributed by atoms with E-state index in [4.69, 9.17) is 0 Å². The first-order chi connectivity index (χ1) is 11.2. The van der Waals surface area contributed by atoms with Crippen LogP contribution >= 0.6 is 39.0 Å². The number of thiophene rings is 1. The number of nitrogens with zero attached hydrogens (tertiary/aromatic N) is 1. The van der Waals surface area contributed by atoms with Crippen LogP contribution in [0.2, 0.25) is 0 Å². The molecule has 0 bridgehead atoms. The number of carbonyl (C=O) groups excluding carboxylic acids is 1. The zero-order chi connectivity index (χ0) is 16.1. The maximum Gasteiger partial charge on any atom is 0.254 e. The number of hydrogen-bond acceptors (Lipinski definition) is 4. The molecule has 0 aliphatic heterocycles. The van der Waals surface area contributed by atoms with E-state index in [-0.39, 0.29) is 5.91 Å². The second kappa shape index (κ2) is 7.77. The largest absolute Gasteiger partial charge is 0.347 e. The predicted octanol–water partition coefficient (Wildman–Crippen LogP) is 4.99. The maximum atomic E-state index is 12.5. The molecule has 0 saturated heterocycles. The van der Waals surface area contributed by atoms with Crippen molar-refractivity contribution in [1.29, 1.82) is 0 Å². The van der Waals surface area contributed by atoms with Gasteiger partial charge >= 0.3 is 0 Å². The number of nitrogens with one attached hydrogen (secondary N) is 1. The van der Waals surface area contributed by atoms with Crippen LogP contribution in [0.1, 0.15) is 15.2 Å². The minimum absolute atomic E-state index is 0.110. The lowest BCUT2D eigenvalue weighted by Gasteiger charge is -2.08. The highest BCUT2D eigenvalue weighted by molar-refractivity contribution is 9.11. The molecule has 23 heavy (non-hydrogen) atoms. The normalized spacial score (nSPS) is 10.5. The lowest BCUT2D eigenvalue weighted by atomic mass is 10.2. The second-order valence-corrected chi connectivity index (χ2v) is 8.27. The zero-order valence-electron chi connectivity index (χ0n) is 12.0. The summed E-state index contributed by atoms with van der Waals surface area (Å²) in [6.45, 7) is 0.513. The Balaban J connectivity index is 1.72. The highest BCUT2D eigenvalue weighted by Crippen LogP contribution is 2.28. The van der Waals surface area contributed by atoms with Crippen molar-refractivity contribution in [3.63, 3.8) is 0 Å². The van der Waals surface area contributed by atoms with Crippen LogP contribution in [0, 0.1) is 0 Å². The van der Waals surface area contributed by atoms with Crippen LogP contribution in [-0.4, -0.2) is 10.9 Å². The first-order valence-electron chi connectivity index (χ1n) is 6.93. The van der Waals surface area contributed by atoms with Crippen LogP contribution in [0.5, 0.6) is 0 Å². The molecule has 0 unspecified atom stereocenters. The summed E-state index contributed by atoms with van der Waals surface area (Å²) >= 11 is 6.53. The molecule has 0 fully saturated rings. The predicted molar refractivity (Wildman–Crippen MR) is 98.0 cm³/mol. The SMILES string of the molecule is O=C(NCc1ccc(Br)s1)c1cccnc1Sc1ccccc1. The molecule has 1 amide bonds. The molecule has 0 spiro atoms. The summed E-state index contributed by atoms with van der Waals surface area (Å²) in [7, 11) is 0. The first kappa shape index (κ1) is 16.2. The van der Waals surface area contributed by atoms with Gasteiger partial charge in [0, 0.05) is 16.0 Å². The topological polar surface area (TPSA) is 42.0 Å². The van der Waals surface area contributed by atoms with Gasteiger partial charge in [0.1, 0.15) is 5.03 Å². The van der Waals surface area contributed by atoms with Gasteiger partial charge in [0.05, 0.1) is 15.9 Å². The second-order valence-electron chi connectivity index (χ2n) is 4.66. The van der Waals surface area contributed by atoms with E-state index in [9.17, 15) is 4.79 Å². The Morgan fingerprint density at radius 1 is 1.13 bits per heavy atom. The Labute approximate surface area is 151 Å². The maximum absolute atomic E-state index is 12.5. The average molecular weight is 405 g/mol. The van der Waals surface area contributed by atoms with Gasteiger partial charge in [0.25, 0.3) is 5.91 Å². The fraction of sp³-hybridized carbons (Fsp3) is 0.0588. The van der Waals surface area contributed by atoms with Gasteiger partial charge in [-0.05, 0) is 52.3 Å². The summed E-state index contributed by atoms with van der Waals surface area (Å²) in [6.07, 6.45) is 1.71. The van der Waals surface area contributed by atoms with Crippen molar-refractivity contribution in [2.24, 2.45) is 0 Å². The molecule has 2 heterocycles. The third-order valence-corrected chi connectivity index (χ3v) is 5.68. The third-order valence-electron chi connectivity index (χ3n) is 3.03.